The van der Waals surface area contributed by atoms with E-state index in [-0.39, 0.29) is 30.2 Å². The highest BCUT2D eigenvalue weighted by Gasteiger charge is 2.35. The molecule has 1 N–H and O–H groups in total. The Bertz CT molecular complexity index is 1320. The summed E-state index contributed by atoms with van der Waals surface area (Å²) in [5.41, 5.74) is 4.24. The molecule has 4 rings (SSSR count). The van der Waals surface area contributed by atoms with Gasteiger partial charge in [-0.25, -0.2) is 0 Å². The Labute approximate surface area is 212 Å². The molecular formula is C27H23ClN2O4S. The summed E-state index contributed by atoms with van der Waals surface area (Å²) in [7, 11) is 0. The zero-order chi connectivity index (χ0) is 24.9. The lowest BCUT2D eigenvalue weighted by molar-refractivity contribution is -0.123. The molecule has 0 saturated carbocycles. The summed E-state index contributed by atoms with van der Waals surface area (Å²) in [5.74, 6) is -0.0941. The molecule has 1 saturated heterocycles. The Morgan fingerprint density at radius 3 is 2.54 bits per heavy atom. The molecule has 35 heavy (non-hydrogen) atoms. The molecule has 0 unspecified atom stereocenters. The maximum atomic E-state index is 12.8. The second-order valence-corrected chi connectivity index (χ2v) is 9.48. The van der Waals surface area contributed by atoms with Crippen LogP contribution in [0.3, 0.4) is 0 Å². The maximum Gasteiger partial charge on any atom is 0.293 e. The van der Waals surface area contributed by atoms with E-state index >= 15 is 0 Å². The van der Waals surface area contributed by atoms with Crippen molar-refractivity contribution in [1.29, 1.82) is 0 Å². The number of hydrogen-bond donors (Lipinski definition) is 1. The van der Waals surface area contributed by atoms with Gasteiger partial charge in [-0.2, -0.15) is 0 Å². The lowest BCUT2D eigenvalue weighted by atomic mass is 10.1. The average Bonchev–Trinajstić information content (AvgIpc) is 3.09. The van der Waals surface area contributed by atoms with Crippen molar-refractivity contribution in [2.45, 2.75) is 20.4 Å². The predicted molar refractivity (Wildman–Crippen MR) is 139 cm³/mol. The van der Waals surface area contributed by atoms with Crippen molar-refractivity contribution >= 4 is 52.2 Å². The number of thioether (sulfide) groups is 1. The second-order valence-electron chi connectivity index (χ2n) is 8.08. The smallest absolute Gasteiger partial charge is 0.293 e. The van der Waals surface area contributed by atoms with Gasteiger partial charge in [0.1, 0.15) is 5.75 Å². The topological polar surface area (TPSA) is 75.7 Å². The molecule has 0 aromatic heterocycles. The van der Waals surface area contributed by atoms with Crippen LogP contribution in [0.15, 0.2) is 71.6 Å². The van der Waals surface area contributed by atoms with Gasteiger partial charge in [-0.15, -0.1) is 0 Å². The zero-order valence-electron chi connectivity index (χ0n) is 19.2. The number of aryl methyl sites for hydroxylation is 2. The summed E-state index contributed by atoms with van der Waals surface area (Å²) >= 11 is 7.06. The van der Waals surface area contributed by atoms with Gasteiger partial charge < -0.3 is 10.1 Å². The summed E-state index contributed by atoms with van der Waals surface area (Å²) in [5, 5.41) is 3.03. The van der Waals surface area contributed by atoms with Gasteiger partial charge in [0.2, 0.25) is 0 Å². The van der Waals surface area contributed by atoms with Crippen LogP contribution in [0, 0.1) is 13.8 Å². The molecule has 0 spiro atoms. The first kappa shape index (κ1) is 24.6. The monoisotopic (exact) mass is 506 g/mol. The average molecular weight is 507 g/mol. The molecule has 1 fully saturated rings. The number of hydrogen-bond acceptors (Lipinski definition) is 5. The minimum atomic E-state index is -0.358. The third-order valence-electron chi connectivity index (χ3n) is 5.37. The fourth-order valence-corrected chi connectivity index (χ4v) is 4.48. The number of nitrogens with zero attached hydrogens (tertiary/aromatic N) is 1. The Balaban J connectivity index is 1.35. The summed E-state index contributed by atoms with van der Waals surface area (Å²) in [6.07, 6.45) is 1.66. The lowest BCUT2D eigenvalue weighted by Crippen LogP contribution is -2.27. The third kappa shape index (κ3) is 6.12. The predicted octanol–water partition coefficient (Wildman–Crippen LogP) is 6.21. The number of anilines is 1. The minimum absolute atomic E-state index is 0.124. The van der Waals surface area contributed by atoms with Crippen molar-refractivity contribution in [2.24, 2.45) is 0 Å². The molecule has 8 heteroatoms. The molecule has 0 atom stereocenters. The first-order chi connectivity index (χ1) is 16.8. The Kier molecular flexibility index (Phi) is 7.58. The number of ether oxygens (including phenoxy) is 1. The van der Waals surface area contributed by atoms with Crippen molar-refractivity contribution < 1.29 is 19.1 Å². The van der Waals surface area contributed by atoms with Gasteiger partial charge in [-0.1, -0.05) is 54.1 Å². The first-order valence-electron chi connectivity index (χ1n) is 10.9. The van der Waals surface area contributed by atoms with Crippen LogP contribution in [-0.4, -0.2) is 28.6 Å². The van der Waals surface area contributed by atoms with Crippen LogP contribution in [0.5, 0.6) is 5.75 Å². The number of carbonyl (C=O) groups is 3. The van der Waals surface area contributed by atoms with Crippen LogP contribution in [0.25, 0.3) is 6.08 Å². The van der Waals surface area contributed by atoms with Gasteiger partial charge in [0.15, 0.2) is 6.61 Å². The van der Waals surface area contributed by atoms with Gasteiger partial charge in [0.25, 0.3) is 17.1 Å². The molecule has 0 radical (unpaired) electrons. The van der Waals surface area contributed by atoms with Crippen LogP contribution < -0.4 is 10.1 Å². The third-order valence-corrected chi connectivity index (χ3v) is 6.65. The molecule has 0 aliphatic carbocycles. The number of imide groups is 1. The van der Waals surface area contributed by atoms with E-state index < -0.39 is 0 Å². The highest BCUT2D eigenvalue weighted by molar-refractivity contribution is 8.18. The molecule has 1 aliphatic rings. The van der Waals surface area contributed by atoms with Gasteiger partial charge in [-0.05, 0) is 78.2 Å². The maximum absolute atomic E-state index is 12.8. The SMILES string of the molecule is Cc1ccc(C)c(NC(=O)COc2ccc(/C=C3\SC(=O)N(Cc4ccccc4Cl)C3=O)cc2)c1. The van der Waals surface area contributed by atoms with Crippen molar-refractivity contribution in [1.82, 2.24) is 4.90 Å². The highest BCUT2D eigenvalue weighted by Crippen LogP contribution is 2.34. The van der Waals surface area contributed by atoms with Gasteiger partial charge >= 0.3 is 0 Å². The van der Waals surface area contributed by atoms with Crippen molar-refractivity contribution in [3.05, 3.63) is 98.9 Å². The largest absolute Gasteiger partial charge is 0.484 e. The van der Waals surface area contributed by atoms with Crippen molar-refractivity contribution in [3.8, 4) is 5.75 Å². The van der Waals surface area contributed by atoms with E-state index in [9.17, 15) is 14.4 Å². The highest BCUT2D eigenvalue weighted by atomic mass is 35.5. The Hall–Kier alpha value is -3.55. The molecule has 0 bridgehead atoms. The van der Waals surface area contributed by atoms with Crippen molar-refractivity contribution in [2.75, 3.05) is 11.9 Å². The van der Waals surface area contributed by atoms with E-state index in [1.807, 2.05) is 38.1 Å². The normalized spacial score (nSPS) is 14.5. The summed E-state index contributed by atoms with van der Waals surface area (Å²) in [6, 6.07) is 19.9. The molecule has 6 nitrogen and oxygen atoms in total. The fourth-order valence-electron chi connectivity index (χ4n) is 3.45. The molecule has 3 aromatic rings. The fraction of sp³-hybridized carbons (Fsp3) is 0.148. The Morgan fingerprint density at radius 2 is 1.80 bits per heavy atom. The van der Waals surface area contributed by atoms with E-state index in [1.165, 1.54) is 4.90 Å². The van der Waals surface area contributed by atoms with E-state index in [2.05, 4.69) is 5.32 Å². The number of benzene rings is 3. The minimum Gasteiger partial charge on any atom is -0.484 e. The number of nitrogens with one attached hydrogen (secondary N) is 1. The quantitative estimate of drug-likeness (QED) is 0.385. The Morgan fingerprint density at radius 1 is 1.06 bits per heavy atom. The summed E-state index contributed by atoms with van der Waals surface area (Å²) in [4.78, 5) is 39.0. The standard InChI is InChI=1S/C27H23ClN2O4S/c1-17-7-8-18(2)23(13-17)29-25(31)16-34-21-11-9-19(10-12-21)14-24-26(32)30(27(33)35-24)15-20-5-3-4-6-22(20)28/h3-14H,15-16H2,1-2H3,(H,29,31)/b24-14-. The van der Waals surface area contributed by atoms with Crippen LogP contribution in [-0.2, 0) is 16.1 Å². The number of rotatable bonds is 7. The second kappa shape index (κ2) is 10.8. The lowest BCUT2D eigenvalue weighted by Gasteiger charge is -2.13. The zero-order valence-corrected chi connectivity index (χ0v) is 20.8. The van der Waals surface area contributed by atoms with Crippen LogP contribution in [0.1, 0.15) is 22.3 Å². The van der Waals surface area contributed by atoms with E-state index in [1.54, 1.807) is 48.5 Å². The summed E-state index contributed by atoms with van der Waals surface area (Å²) in [6.45, 7) is 3.89. The number of halogens is 1. The van der Waals surface area contributed by atoms with E-state index in [0.29, 0.717) is 21.2 Å². The number of carbonyl (C=O) groups excluding carboxylic acids is 3. The molecule has 1 aliphatic heterocycles. The van der Waals surface area contributed by atoms with Gasteiger partial charge in [0, 0.05) is 10.7 Å². The number of amides is 3. The van der Waals surface area contributed by atoms with Crippen LogP contribution in [0.2, 0.25) is 5.02 Å². The van der Waals surface area contributed by atoms with Crippen molar-refractivity contribution in [3.63, 3.8) is 0 Å². The molecule has 3 amide bonds. The van der Waals surface area contributed by atoms with Crippen LogP contribution in [0.4, 0.5) is 10.5 Å². The molecular weight excluding hydrogens is 484 g/mol. The first-order valence-corrected chi connectivity index (χ1v) is 12.1. The van der Waals surface area contributed by atoms with E-state index in [4.69, 9.17) is 16.3 Å². The molecule has 178 valence electrons. The van der Waals surface area contributed by atoms with E-state index in [0.717, 1.165) is 34.1 Å². The van der Waals surface area contributed by atoms with Gasteiger partial charge in [-0.3, -0.25) is 19.3 Å². The molecule has 3 aromatic carbocycles. The molecule has 1 heterocycles. The van der Waals surface area contributed by atoms with Gasteiger partial charge in [0.05, 0.1) is 11.4 Å². The summed E-state index contributed by atoms with van der Waals surface area (Å²) < 4.78 is 5.59. The van der Waals surface area contributed by atoms with Crippen LogP contribution >= 0.6 is 23.4 Å².